The number of nitrogens with zero attached hydrogens (tertiary/aromatic N) is 4. The number of piperidine rings is 1. The number of aryl methyl sites for hydroxylation is 1. The van der Waals surface area contributed by atoms with Crippen molar-refractivity contribution < 1.29 is 18.0 Å². The largest absolute Gasteiger partial charge is 0.471 e. The zero-order chi connectivity index (χ0) is 16.6. The summed E-state index contributed by atoms with van der Waals surface area (Å²) in [6, 6.07) is 0. The molecule has 3 rings (SSSR count). The second kappa shape index (κ2) is 5.95. The highest BCUT2D eigenvalue weighted by Crippen LogP contribution is 2.33. The lowest BCUT2D eigenvalue weighted by Gasteiger charge is -2.31. The minimum absolute atomic E-state index is 0.0916. The molecule has 0 radical (unpaired) electrons. The second-order valence-electron chi connectivity index (χ2n) is 5.54. The molecule has 1 amide bonds. The maximum Gasteiger partial charge on any atom is 0.471 e. The molecule has 5 nitrogen and oxygen atoms in total. The van der Waals surface area contributed by atoms with Crippen LogP contribution in [-0.4, -0.2) is 44.8 Å². The average molecular weight is 344 g/mol. The summed E-state index contributed by atoms with van der Waals surface area (Å²) in [6.45, 7) is 0.228. The normalized spacial score (nSPS) is 16.8. The van der Waals surface area contributed by atoms with Crippen LogP contribution in [0.5, 0.6) is 0 Å². The Labute approximate surface area is 134 Å². The molecule has 0 atom stereocenters. The van der Waals surface area contributed by atoms with Gasteiger partial charge in [-0.15, -0.1) is 11.3 Å². The molecular weight excluding hydrogens is 329 g/mol. The molecule has 0 bridgehead atoms. The molecule has 0 saturated carbocycles. The number of halogens is 3. The van der Waals surface area contributed by atoms with Gasteiger partial charge in [-0.05, 0) is 12.8 Å². The van der Waals surface area contributed by atoms with Gasteiger partial charge in [0.25, 0.3) is 0 Å². The maximum atomic E-state index is 12.4. The minimum atomic E-state index is -4.79. The molecule has 2 aromatic heterocycles. The number of rotatable bonds is 2. The molecule has 0 N–H and O–H groups in total. The van der Waals surface area contributed by atoms with Crippen LogP contribution >= 0.6 is 11.3 Å². The van der Waals surface area contributed by atoms with Crippen LogP contribution in [0.25, 0.3) is 10.6 Å². The molecule has 23 heavy (non-hydrogen) atoms. The van der Waals surface area contributed by atoms with E-state index in [0.29, 0.717) is 12.8 Å². The molecule has 1 saturated heterocycles. The van der Waals surface area contributed by atoms with Crippen LogP contribution in [0.1, 0.15) is 24.5 Å². The lowest BCUT2D eigenvalue weighted by Crippen LogP contribution is -2.45. The fourth-order valence-electron chi connectivity index (χ4n) is 2.70. The third-order valence-electron chi connectivity index (χ3n) is 3.92. The zero-order valence-corrected chi connectivity index (χ0v) is 13.2. The van der Waals surface area contributed by atoms with E-state index in [1.807, 2.05) is 18.6 Å². The van der Waals surface area contributed by atoms with Gasteiger partial charge in [0.2, 0.25) is 0 Å². The first kappa shape index (κ1) is 16.0. The standard InChI is InChI=1S/C14H15F3N4OS/c1-20-7-10(6-18-20)12-19-11(8-23-12)9-2-4-21(5-3-9)13(22)14(15,16)17/h6-9H,2-5H2,1H3. The number of aromatic nitrogens is 3. The van der Waals surface area contributed by atoms with Gasteiger partial charge in [0.15, 0.2) is 0 Å². The summed E-state index contributed by atoms with van der Waals surface area (Å²) >= 11 is 1.50. The lowest BCUT2D eigenvalue weighted by molar-refractivity contribution is -0.186. The summed E-state index contributed by atoms with van der Waals surface area (Å²) in [4.78, 5) is 16.7. The molecule has 9 heteroatoms. The SMILES string of the molecule is Cn1cc(-c2nc(C3CCN(C(=O)C(F)(F)F)CC3)cs2)cn1. The second-order valence-corrected chi connectivity index (χ2v) is 6.40. The molecule has 124 valence electrons. The first-order valence-electron chi connectivity index (χ1n) is 7.15. The van der Waals surface area contributed by atoms with Crippen molar-refractivity contribution in [1.29, 1.82) is 0 Å². The molecule has 1 aliphatic rings. The maximum absolute atomic E-state index is 12.4. The van der Waals surface area contributed by atoms with Crippen molar-refractivity contribution >= 4 is 17.2 Å². The lowest BCUT2D eigenvalue weighted by atomic mass is 9.94. The fraction of sp³-hybridized carbons (Fsp3) is 0.500. The van der Waals surface area contributed by atoms with E-state index in [9.17, 15) is 18.0 Å². The van der Waals surface area contributed by atoms with Crippen LogP contribution in [0.4, 0.5) is 13.2 Å². The number of carbonyl (C=O) groups excluding carboxylic acids is 1. The van der Waals surface area contributed by atoms with Gasteiger partial charge in [-0.25, -0.2) is 4.98 Å². The van der Waals surface area contributed by atoms with Gasteiger partial charge in [0.1, 0.15) is 5.01 Å². The van der Waals surface area contributed by atoms with Crippen LogP contribution in [0.2, 0.25) is 0 Å². The van der Waals surface area contributed by atoms with Crippen molar-refractivity contribution in [2.75, 3.05) is 13.1 Å². The van der Waals surface area contributed by atoms with Crippen molar-refractivity contribution in [2.45, 2.75) is 24.9 Å². The summed E-state index contributed by atoms with van der Waals surface area (Å²) < 4.78 is 39.0. The third kappa shape index (κ3) is 3.39. The molecule has 0 spiro atoms. The highest BCUT2D eigenvalue weighted by atomic mass is 32.1. The number of amides is 1. The van der Waals surface area contributed by atoms with Crippen LogP contribution in [-0.2, 0) is 11.8 Å². The van der Waals surface area contributed by atoms with Crippen molar-refractivity contribution in [2.24, 2.45) is 7.05 Å². The van der Waals surface area contributed by atoms with Crippen LogP contribution in [0.15, 0.2) is 17.8 Å². The van der Waals surface area contributed by atoms with Crippen molar-refractivity contribution in [3.8, 4) is 10.6 Å². The molecule has 1 fully saturated rings. The predicted molar refractivity (Wildman–Crippen MR) is 78.9 cm³/mol. The molecule has 0 aromatic carbocycles. The highest BCUT2D eigenvalue weighted by Gasteiger charge is 2.43. The Morgan fingerprint density at radius 2 is 2.04 bits per heavy atom. The summed E-state index contributed by atoms with van der Waals surface area (Å²) in [5.41, 5.74) is 1.81. The number of thiazole rings is 1. The predicted octanol–water partition coefficient (Wildman–Crippen LogP) is 2.81. The molecule has 0 aliphatic carbocycles. The Hall–Kier alpha value is -1.90. The first-order valence-corrected chi connectivity index (χ1v) is 8.03. The van der Waals surface area contributed by atoms with Crippen molar-refractivity contribution in [3.05, 3.63) is 23.5 Å². The minimum Gasteiger partial charge on any atom is -0.335 e. The van der Waals surface area contributed by atoms with E-state index in [0.717, 1.165) is 21.2 Å². The molecule has 0 unspecified atom stereocenters. The van der Waals surface area contributed by atoms with Gasteiger partial charge >= 0.3 is 12.1 Å². The monoisotopic (exact) mass is 344 g/mol. The Morgan fingerprint density at radius 3 is 2.61 bits per heavy atom. The van der Waals surface area contributed by atoms with E-state index >= 15 is 0 Å². The summed E-state index contributed by atoms with van der Waals surface area (Å²) in [7, 11) is 1.82. The third-order valence-corrected chi connectivity index (χ3v) is 4.83. The smallest absolute Gasteiger partial charge is 0.335 e. The Kier molecular flexibility index (Phi) is 4.13. The van der Waals surface area contributed by atoms with Gasteiger partial charge in [0.05, 0.1) is 11.9 Å². The van der Waals surface area contributed by atoms with Gasteiger partial charge < -0.3 is 4.90 Å². The van der Waals surface area contributed by atoms with Crippen molar-refractivity contribution in [3.63, 3.8) is 0 Å². The Balaban J connectivity index is 1.64. The number of likely N-dealkylation sites (tertiary alicyclic amines) is 1. The number of hydrogen-bond donors (Lipinski definition) is 0. The number of hydrogen-bond acceptors (Lipinski definition) is 4. The Bertz CT molecular complexity index is 701. The van der Waals surface area contributed by atoms with E-state index in [4.69, 9.17) is 0 Å². The topological polar surface area (TPSA) is 51.0 Å². The molecule has 3 heterocycles. The average Bonchev–Trinajstić information content (AvgIpc) is 3.14. The highest BCUT2D eigenvalue weighted by molar-refractivity contribution is 7.13. The number of alkyl halides is 3. The zero-order valence-electron chi connectivity index (χ0n) is 12.4. The van der Waals surface area contributed by atoms with Crippen LogP contribution in [0.3, 0.4) is 0 Å². The number of carbonyl (C=O) groups is 1. The summed E-state index contributed by atoms with van der Waals surface area (Å²) in [6.07, 6.45) is -0.197. The van der Waals surface area contributed by atoms with Crippen LogP contribution < -0.4 is 0 Å². The van der Waals surface area contributed by atoms with E-state index < -0.39 is 12.1 Å². The van der Waals surface area contributed by atoms with Crippen molar-refractivity contribution in [1.82, 2.24) is 19.7 Å². The molecular formula is C14H15F3N4OS. The van der Waals surface area contributed by atoms with E-state index in [-0.39, 0.29) is 19.0 Å². The summed E-state index contributed by atoms with van der Waals surface area (Å²) in [5, 5.41) is 6.89. The molecule has 2 aromatic rings. The van der Waals surface area contributed by atoms with E-state index in [2.05, 4.69) is 10.1 Å². The van der Waals surface area contributed by atoms with Gasteiger partial charge in [-0.3, -0.25) is 9.48 Å². The van der Waals surface area contributed by atoms with Crippen LogP contribution in [0, 0.1) is 0 Å². The van der Waals surface area contributed by atoms with Gasteiger partial charge in [-0.1, -0.05) is 0 Å². The van der Waals surface area contributed by atoms with E-state index in [1.165, 1.54) is 11.3 Å². The quantitative estimate of drug-likeness (QED) is 0.842. The van der Waals surface area contributed by atoms with E-state index in [1.54, 1.807) is 10.9 Å². The fourth-order valence-corrected chi connectivity index (χ4v) is 3.57. The Morgan fingerprint density at radius 1 is 1.35 bits per heavy atom. The van der Waals surface area contributed by atoms with Gasteiger partial charge in [-0.2, -0.15) is 18.3 Å². The van der Waals surface area contributed by atoms with Gasteiger partial charge in [0, 0.05) is 43.2 Å². The first-order chi connectivity index (χ1) is 10.8. The molecule has 1 aliphatic heterocycles. The summed E-state index contributed by atoms with van der Waals surface area (Å²) in [5.74, 6) is -1.65.